The quantitative estimate of drug-likeness (QED) is 0.143. The highest BCUT2D eigenvalue weighted by molar-refractivity contribution is 7.22. The zero-order chi connectivity index (χ0) is 24.6. The minimum absolute atomic E-state index is 0.0294. The number of aryl methyl sites for hydroxylation is 2. The second-order valence-electron chi connectivity index (χ2n) is 8.10. The number of nitrogens with zero attached hydrogens (tertiary/aromatic N) is 1. The maximum absolute atomic E-state index is 14.0. The Balaban J connectivity index is 1.54. The van der Waals surface area contributed by atoms with Crippen molar-refractivity contribution in [3.8, 4) is 16.2 Å². The number of carbonyl (C=O) groups is 1. The normalized spacial score (nSPS) is 11.5. The van der Waals surface area contributed by atoms with Crippen LogP contribution in [0, 0.1) is 0 Å². The van der Waals surface area contributed by atoms with E-state index in [4.69, 9.17) is 14.5 Å². The van der Waals surface area contributed by atoms with E-state index >= 15 is 0 Å². The van der Waals surface area contributed by atoms with Gasteiger partial charge in [0, 0.05) is 45.4 Å². The van der Waals surface area contributed by atoms with Crippen molar-refractivity contribution in [3.63, 3.8) is 0 Å². The van der Waals surface area contributed by atoms with Gasteiger partial charge in [-0.15, -0.1) is 11.3 Å². The number of ether oxygens (including phenoxy) is 2. The molecule has 2 aromatic heterocycles. The molecule has 0 N–H and O–H groups in total. The number of hydrogen-bond donors (Lipinski definition) is 0. The molecular weight excluding hydrogens is 456 g/mol. The van der Waals surface area contributed by atoms with Crippen molar-refractivity contribution in [2.75, 3.05) is 13.2 Å². The lowest BCUT2D eigenvalue weighted by Gasteiger charge is -2.16. The third-order valence-electron chi connectivity index (χ3n) is 5.54. The number of pyridine rings is 1. The fraction of sp³-hybridized carbons (Fsp3) is 0.407. The van der Waals surface area contributed by atoms with Gasteiger partial charge in [-0.3, -0.25) is 4.98 Å². The van der Waals surface area contributed by atoms with Gasteiger partial charge < -0.3 is 9.47 Å². The second kappa shape index (κ2) is 12.1. The van der Waals surface area contributed by atoms with Crippen LogP contribution >= 0.6 is 11.3 Å². The molecule has 7 heteroatoms. The smallest absolute Gasteiger partial charge is 0.330 e. The molecule has 3 rings (SSSR count). The van der Waals surface area contributed by atoms with Crippen LogP contribution in [0.3, 0.4) is 0 Å². The van der Waals surface area contributed by atoms with Gasteiger partial charge in [0.25, 0.3) is 0 Å². The topological polar surface area (TPSA) is 48.4 Å². The first-order chi connectivity index (χ1) is 16.3. The average molecular weight is 488 g/mol. The number of carbonyl (C=O) groups excluding carboxylic acids is 1. The molecule has 0 saturated carbocycles. The van der Waals surface area contributed by atoms with E-state index in [-0.39, 0.29) is 38.9 Å². The maximum atomic E-state index is 14.0. The van der Waals surface area contributed by atoms with Crippen molar-refractivity contribution in [3.05, 3.63) is 60.4 Å². The Morgan fingerprint density at radius 3 is 2.56 bits per heavy atom. The first-order valence-electron chi connectivity index (χ1n) is 11.7. The van der Waals surface area contributed by atoms with Crippen molar-refractivity contribution in [1.82, 2.24) is 4.98 Å². The van der Waals surface area contributed by atoms with E-state index < -0.39 is 11.9 Å². The average Bonchev–Trinajstić information content (AvgIpc) is 3.27. The Hall–Kier alpha value is -2.80. The highest BCUT2D eigenvalue weighted by Crippen LogP contribution is 2.37. The number of esters is 1. The molecule has 0 unspecified atom stereocenters. The summed E-state index contributed by atoms with van der Waals surface area (Å²) in [5, 5.41) is 1.12. The minimum atomic E-state index is -2.81. The largest absolute Gasteiger partial charge is 0.494 e. The Morgan fingerprint density at radius 1 is 1.09 bits per heavy atom. The van der Waals surface area contributed by atoms with E-state index in [0.717, 1.165) is 50.8 Å². The van der Waals surface area contributed by atoms with Crippen LogP contribution in [0.4, 0.5) is 8.78 Å². The number of benzene rings is 1. The summed E-state index contributed by atoms with van der Waals surface area (Å²) in [6.07, 6.45) is 2.56. The van der Waals surface area contributed by atoms with Gasteiger partial charge in [0.05, 0.1) is 13.2 Å². The van der Waals surface area contributed by atoms with Crippen molar-refractivity contribution in [2.24, 2.45) is 0 Å². The van der Waals surface area contributed by atoms with E-state index in [9.17, 15) is 13.6 Å². The van der Waals surface area contributed by atoms with Crippen LogP contribution in [0.2, 0.25) is 0 Å². The second-order valence-corrected chi connectivity index (χ2v) is 9.18. The summed E-state index contributed by atoms with van der Waals surface area (Å²) in [7, 11) is 0. The number of alkyl halides is 2. The summed E-state index contributed by atoms with van der Waals surface area (Å²) in [5.41, 5.74) is 3.35. The molecule has 3 aromatic rings. The summed E-state index contributed by atoms with van der Waals surface area (Å²) in [5.74, 6) is -2.73. The summed E-state index contributed by atoms with van der Waals surface area (Å²) in [4.78, 5) is 16.9. The molecule has 1 aromatic carbocycles. The molecular formula is C27H31F2NO3S. The van der Waals surface area contributed by atoms with Gasteiger partial charge in [-0.2, -0.15) is 0 Å². The van der Waals surface area contributed by atoms with Gasteiger partial charge in [0.15, 0.2) is 0 Å². The van der Waals surface area contributed by atoms with Crippen LogP contribution < -0.4 is 4.74 Å². The molecule has 0 spiro atoms. The highest BCUT2D eigenvalue weighted by Gasteiger charge is 2.27. The molecule has 0 aliphatic rings. The Labute approximate surface area is 203 Å². The molecule has 0 atom stereocenters. The minimum Gasteiger partial charge on any atom is -0.494 e. The van der Waals surface area contributed by atoms with Gasteiger partial charge in [-0.25, -0.2) is 13.6 Å². The molecule has 4 nitrogen and oxygen atoms in total. The van der Waals surface area contributed by atoms with Gasteiger partial charge in [0.2, 0.25) is 5.92 Å². The SMILES string of the molecule is C=CC(=O)OCCCC(F)(F)CCCOc1ccc2cc(-c3ccc(CC)nc3CC)sc2c1. The van der Waals surface area contributed by atoms with Crippen molar-refractivity contribution in [1.29, 1.82) is 0 Å². The number of thiophene rings is 1. The van der Waals surface area contributed by atoms with E-state index in [1.807, 2.05) is 18.2 Å². The number of fused-ring (bicyclic) bond motifs is 1. The molecule has 0 aliphatic carbocycles. The first kappa shape index (κ1) is 25.8. The third-order valence-corrected chi connectivity index (χ3v) is 6.67. The zero-order valence-corrected chi connectivity index (χ0v) is 20.6. The monoisotopic (exact) mass is 487 g/mol. The van der Waals surface area contributed by atoms with Gasteiger partial charge in [-0.1, -0.05) is 20.4 Å². The fourth-order valence-corrected chi connectivity index (χ4v) is 4.82. The lowest BCUT2D eigenvalue weighted by molar-refractivity contribution is -0.138. The van der Waals surface area contributed by atoms with Crippen LogP contribution in [0.5, 0.6) is 5.75 Å². The van der Waals surface area contributed by atoms with Crippen LogP contribution in [0.1, 0.15) is 50.9 Å². The summed E-state index contributed by atoms with van der Waals surface area (Å²) in [6, 6.07) is 12.2. The fourth-order valence-electron chi connectivity index (χ4n) is 3.68. The number of halogens is 2. The van der Waals surface area contributed by atoms with Crippen LogP contribution in [-0.4, -0.2) is 30.1 Å². The standard InChI is InChI=1S/C27H31F2NO3S/c1-4-20-10-12-22(23(5-2)30-20)25-17-19-9-11-21(18-24(19)34-25)32-15-7-13-27(28,29)14-8-16-33-26(31)6-3/h6,9-12,17-18H,3-5,7-8,13-16H2,1-2H3. The number of hydrogen-bond acceptors (Lipinski definition) is 5. The molecule has 0 fully saturated rings. The Kier molecular flexibility index (Phi) is 9.16. The molecule has 0 radical (unpaired) electrons. The van der Waals surface area contributed by atoms with Crippen LogP contribution in [0.25, 0.3) is 20.5 Å². The molecule has 34 heavy (non-hydrogen) atoms. The highest BCUT2D eigenvalue weighted by atomic mass is 32.1. The van der Waals surface area contributed by atoms with Crippen molar-refractivity contribution < 1.29 is 23.0 Å². The van der Waals surface area contributed by atoms with Crippen LogP contribution in [-0.2, 0) is 22.4 Å². The Bertz CT molecular complexity index is 1130. The number of aromatic nitrogens is 1. The molecule has 0 saturated heterocycles. The summed E-state index contributed by atoms with van der Waals surface area (Å²) >= 11 is 1.68. The van der Waals surface area contributed by atoms with E-state index in [1.165, 1.54) is 0 Å². The molecule has 0 aliphatic heterocycles. The molecule has 182 valence electrons. The van der Waals surface area contributed by atoms with E-state index in [2.05, 4.69) is 38.6 Å². The predicted octanol–water partition coefficient (Wildman–Crippen LogP) is 7.39. The maximum Gasteiger partial charge on any atom is 0.330 e. The molecule has 0 bridgehead atoms. The van der Waals surface area contributed by atoms with Crippen molar-refractivity contribution >= 4 is 27.4 Å². The zero-order valence-electron chi connectivity index (χ0n) is 19.7. The van der Waals surface area contributed by atoms with E-state index in [0.29, 0.717) is 5.75 Å². The van der Waals surface area contributed by atoms with Gasteiger partial charge >= 0.3 is 5.97 Å². The first-order valence-corrected chi connectivity index (χ1v) is 12.5. The van der Waals surface area contributed by atoms with Gasteiger partial charge in [-0.05, 0) is 67.5 Å². The molecule has 2 heterocycles. The van der Waals surface area contributed by atoms with E-state index in [1.54, 1.807) is 11.3 Å². The van der Waals surface area contributed by atoms with Crippen molar-refractivity contribution in [2.45, 2.75) is 58.3 Å². The summed E-state index contributed by atoms with van der Waals surface area (Å²) < 4.78 is 39.6. The van der Waals surface area contributed by atoms with Crippen LogP contribution in [0.15, 0.2) is 49.1 Å². The van der Waals surface area contributed by atoms with Gasteiger partial charge in [0.1, 0.15) is 5.75 Å². The molecule has 0 amide bonds. The third kappa shape index (κ3) is 7.10. The predicted molar refractivity (Wildman–Crippen MR) is 134 cm³/mol. The lowest BCUT2D eigenvalue weighted by atomic mass is 10.1. The number of rotatable bonds is 13. The lowest BCUT2D eigenvalue weighted by Crippen LogP contribution is -2.18. The summed E-state index contributed by atoms with van der Waals surface area (Å²) in [6.45, 7) is 7.68. The Morgan fingerprint density at radius 2 is 1.85 bits per heavy atom.